The Bertz CT molecular complexity index is 708. The summed E-state index contributed by atoms with van der Waals surface area (Å²) in [6, 6.07) is 3.34. The van der Waals surface area contributed by atoms with Crippen LogP contribution in [0.2, 0.25) is 0 Å². The first kappa shape index (κ1) is 15.1. The minimum Gasteiger partial charge on any atom is -0.481 e. The number of carbonyl (C=O) groups excluding carboxylic acids is 1. The molecule has 1 aliphatic rings. The first-order valence-electron chi connectivity index (χ1n) is 7.01. The molecule has 23 heavy (non-hydrogen) atoms. The quantitative estimate of drug-likeness (QED) is 0.752. The zero-order chi connectivity index (χ0) is 16.4. The van der Waals surface area contributed by atoms with Crippen molar-refractivity contribution in [3.05, 3.63) is 23.5 Å². The highest BCUT2D eigenvalue weighted by atomic mass is 16.5. The lowest BCUT2D eigenvalue weighted by Gasteiger charge is -2.27. The number of ether oxygens (including phenoxy) is 3. The molecule has 0 radical (unpaired) electrons. The first-order valence-corrected chi connectivity index (χ1v) is 7.01. The van der Waals surface area contributed by atoms with E-state index in [0.29, 0.717) is 43.0 Å². The molecule has 0 spiro atoms. The molecule has 0 unspecified atom stereocenters. The molecule has 9 heteroatoms. The molecule has 0 bridgehead atoms. The SMILES string of the molecule is COC(=O)c1cc2n(n1)CCN(c1nc(OC)cc(OC)n1)C2. The monoisotopic (exact) mass is 319 g/mol. The Morgan fingerprint density at radius 3 is 2.39 bits per heavy atom. The van der Waals surface area contributed by atoms with Gasteiger partial charge in [0, 0.05) is 6.54 Å². The molecule has 0 amide bonds. The smallest absolute Gasteiger partial charge is 0.358 e. The number of fused-ring (bicyclic) bond motifs is 1. The van der Waals surface area contributed by atoms with E-state index in [1.165, 1.54) is 7.11 Å². The van der Waals surface area contributed by atoms with Crippen LogP contribution >= 0.6 is 0 Å². The molecule has 0 saturated heterocycles. The van der Waals surface area contributed by atoms with E-state index in [1.54, 1.807) is 31.0 Å². The summed E-state index contributed by atoms with van der Waals surface area (Å²) in [5.41, 5.74) is 1.19. The molecule has 0 aromatic carbocycles. The molecule has 0 N–H and O–H groups in total. The number of hydrogen-bond acceptors (Lipinski definition) is 8. The predicted octanol–water partition coefficient (Wildman–Crippen LogP) is 0.497. The summed E-state index contributed by atoms with van der Waals surface area (Å²) in [6.07, 6.45) is 0. The lowest BCUT2D eigenvalue weighted by molar-refractivity contribution is 0.0593. The van der Waals surface area contributed by atoms with Crippen molar-refractivity contribution in [2.75, 3.05) is 32.8 Å². The second kappa shape index (κ2) is 6.11. The molecule has 1 aliphatic heterocycles. The molecule has 0 aliphatic carbocycles. The highest BCUT2D eigenvalue weighted by Gasteiger charge is 2.23. The van der Waals surface area contributed by atoms with Crippen LogP contribution < -0.4 is 14.4 Å². The van der Waals surface area contributed by atoms with Crippen LogP contribution in [0.25, 0.3) is 0 Å². The van der Waals surface area contributed by atoms with Crippen LogP contribution in [-0.2, 0) is 17.8 Å². The molecule has 122 valence electrons. The fourth-order valence-electron chi connectivity index (χ4n) is 2.38. The van der Waals surface area contributed by atoms with Crippen molar-refractivity contribution in [2.45, 2.75) is 13.1 Å². The number of rotatable bonds is 4. The van der Waals surface area contributed by atoms with Crippen molar-refractivity contribution in [3.63, 3.8) is 0 Å². The first-order chi connectivity index (χ1) is 11.1. The lowest BCUT2D eigenvalue weighted by Crippen LogP contribution is -2.35. The van der Waals surface area contributed by atoms with Crippen molar-refractivity contribution < 1.29 is 19.0 Å². The van der Waals surface area contributed by atoms with Crippen molar-refractivity contribution in [2.24, 2.45) is 0 Å². The van der Waals surface area contributed by atoms with Crippen LogP contribution in [0.4, 0.5) is 5.95 Å². The van der Waals surface area contributed by atoms with Gasteiger partial charge in [-0.15, -0.1) is 0 Å². The second-order valence-electron chi connectivity index (χ2n) is 4.91. The number of nitrogens with zero attached hydrogens (tertiary/aromatic N) is 5. The Hall–Kier alpha value is -2.84. The summed E-state index contributed by atoms with van der Waals surface area (Å²) < 4.78 is 16.8. The number of hydrogen-bond donors (Lipinski definition) is 0. The predicted molar refractivity (Wildman–Crippen MR) is 79.8 cm³/mol. The largest absolute Gasteiger partial charge is 0.481 e. The van der Waals surface area contributed by atoms with Gasteiger partial charge in [0.25, 0.3) is 0 Å². The van der Waals surface area contributed by atoms with Gasteiger partial charge in [0.05, 0.1) is 46.2 Å². The van der Waals surface area contributed by atoms with Crippen molar-refractivity contribution in [3.8, 4) is 11.8 Å². The van der Waals surface area contributed by atoms with Crippen molar-refractivity contribution >= 4 is 11.9 Å². The van der Waals surface area contributed by atoms with Gasteiger partial charge >= 0.3 is 5.97 Å². The molecule has 2 aromatic heterocycles. The Morgan fingerprint density at radius 2 is 1.78 bits per heavy atom. The average Bonchev–Trinajstić information content (AvgIpc) is 3.03. The molecule has 9 nitrogen and oxygen atoms in total. The Kier molecular flexibility index (Phi) is 4.00. The number of methoxy groups -OCH3 is 3. The van der Waals surface area contributed by atoms with Crippen LogP contribution in [0.3, 0.4) is 0 Å². The summed E-state index contributed by atoms with van der Waals surface area (Å²) >= 11 is 0. The molecular formula is C14H17N5O4. The summed E-state index contributed by atoms with van der Waals surface area (Å²) in [6.45, 7) is 1.81. The van der Waals surface area contributed by atoms with Gasteiger partial charge in [-0.3, -0.25) is 4.68 Å². The zero-order valence-electron chi connectivity index (χ0n) is 13.1. The number of carbonyl (C=O) groups is 1. The van der Waals surface area contributed by atoms with E-state index in [1.807, 2.05) is 4.90 Å². The fourth-order valence-corrected chi connectivity index (χ4v) is 2.38. The van der Waals surface area contributed by atoms with Crippen molar-refractivity contribution in [1.82, 2.24) is 19.7 Å². The maximum Gasteiger partial charge on any atom is 0.358 e. The minimum absolute atomic E-state index is 0.300. The third kappa shape index (κ3) is 2.89. The van der Waals surface area contributed by atoms with E-state index in [-0.39, 0.29) is 0 Å². The number of anilines is 1. The van der Waals surface area contributed by atoms with E-state index >= 15 is 0 Å². The third-order valence-electron chi connectivity index (χ3n) is 3.56. The van der Waals surface area contributed by atoms with E-state index in [2.05, 4.69) is 15.1 Å². The minimum atomic E-state index is -0.447. The fraction of sp³-hybridized carbons (Fsp3) is 0.429. The van der Waals surface area contributed by atoms with Gasteiger partial charge in [-0.2, -0.15) is 15.1 Å². The molecule has 0 fully saturated rings. The normalized spacial score (nSPS) is 13.4. The van der Waals surface area contributed by atoms with Gasteiger partial charge in [-0.05, 0) is 6.07 Å². The van der Waals surface area contributed by atoms with Gasteiger partial charge in [-0.1, -0.05) is 0 Å². The Morgan fingerprint density at radius 1 is 1.09 bits per heavy atom. The van der Waals surface area contributed by atoms with Gasteiger partial charge in [0.2, 0.25) is 17.7 Å². The van der Waals surface area contributed by atoms with Crippen LogP contribution in [-0.4, -0.2) is 53.6 Å². The summed E-state index contributed by atoms with van der Waals surface area (Å²) in [5, 5.41) is 4.24. The Labute approximate surface area is 132 Å². The van der Waals surface area contributed by atoms with Gasteiger partial charge in [0.1, 0.15) is 0 Å². The van der Waals surface area contributed by atoms with E-state index in [9.17, 15) is 4.79 Å². The topological polar surface area (TPSA) is 91.6 Å². The van der Waals surface area contributed by atoms with E-state index in [0.717, 1.165) is 5.69 Å². The average molecular weight is 319 g/mol. The maximum absolute atomic E-state index is 11.6. The zero-order valence-corrected chi connectivity index (χ0v) is 13.1. The molecule has 2 aromatic rings. The number of aromatic nitrogens is 4. The van der Waals surface area contributed by atoms with Gasteiger partial charge < -0.3 is 19.1 Å². The summed E-state index contributed by atoms with van der Waals surface area (Å²) in [4.78, 5) is 22.2. The van der Waals surface area contributed by atoms with Crippen LogP contribution in [0.5, 0.6) is 11.8 Å². The molecular weight excluding hydrogens is 302 g/mol. The van der Waals surface area contributed by atoms with Crippen LogP contribution in [0.15, 0.2) is 12.1 Å². The van der Waals surface area contributed by atoms with Gasteiger partial charge in [-0.25, -0.2) is 4.79 Å². The molecule has 3 rings (SSSR count). The molecule has 3 heterocycles. The van der Waals surface area contributed by atoms with E-state index < -0.39 is 5.97 Å². The molecule has 0 saturated carbocycles. The second-order valence-corrected chi connectivity index (χ2v) is 4.91. The van der Waals surface area contributed by atoms with Crippen LogP contribution in [0, 0.1) is 0 Å². The lowest BCUT2D eigenvalue weighted by atomic mass is 10.3. The maximum atomic E-state index is 11.6. The highest BCUT2D eigenvalue weighted by molar-refractivity contribution is 5.87. The summed E-state index contributed by atoms with van der Waals surface area (Å²) in [5.74, 6) is 0.924. The van der Waals surface area contributed by atoms with Gasteiger partial charge in [0.15, 0.2) is 5.69 Å². The summed E-state index contributed by atoms with van der Waals surface area (Å²) in [7, 11) is 4.42. The van der Waals surface area contributed by atoms with Crippen LogP contribution in [0.1, 0.15) is 16.2 Å². The Balaban J connectivity index is 1.87. The van der Waals surface area contributed by atoms with E-state index in [4.69, 9.17) is 14.2 Å². The third-order valence-corrected chi connectivity index (χ3v) is 3.56. The highest BCUT2D eigenvalue weighted by Crippen LogP contribution is 2.23. The standard InChI is InChI=1S/C14H17N5O4/c1-21-11-7-12(22-2)16-14(15-11)18-4-5-19-9(8-18)6-10(17-19)13(20)23-3/h6-7H,4-5,8H2,1-3H3. The van der Waals surface area contributed by atoms with Crippen molar-refractivity contribution in [1.29, 1.82) is 0 Å². The number of esters is 1. The molecule has 0 atom stereocenters.